The van der Waals surface area contributed by atoms with Gasteiger partial charge in [0.1, 0.15) is 11.5 Å². The van der Waals surface area contributed by atoms with Gasteiger partial charge < -0.3 is 14.6 Å². The average Bonchev–Trinajstić information content (AvgIpc) is 3.42. The Morgan fingerprint density at radius 1 is 1.03 bits per heavy atom. The largest absolute Gasteiger partial charge is 0.457 e. The van der Waals surface area contributed by atoms with Crippen LogP contribution in [0.15, 0.2) is 70.0 Å². The summed E-state index contributed by atoms with van der Waals surface area (Å²) in [6.45, 7) is 2.26. The lowest BCUT2D eigenvalue weighted by molar-refractivity contribution is -0.129. The molecule has 2 heterocycles. The lowest BCUT2D eigenvalue weighted by Gasteiger charge is -2.39. The summed E-state index contributed by atoms with van der Waals surface area (Å²) in [6.07, 6.45) is 6.40. The molecule has 7 heteroatoms. The van der Waals surface area contributed by atoms with Crippen LogP contribution in [0.1, 0.15) is 38.4 Å². The Balaban J connectivity index is 1.44. The summed E-state index contributed by atoms with van der Waals surface area (Å²) in [6, 6.07) is 19.4. The fourth-order valence-corrected chi connectivity index (χ4v) is 6.35. The number of thioether (sulfide) groups is 1. The van der Waals surface area contributed by atoms with Crippen LogP contribution in [0.25, 0.3) is 17.4 Å². The summed E-state index contributed by atoms with van der Waals surface area (Å²) in [5.74, 6) is 1.75. The molecule has 3 atom stereocenters. The van der Waals surface area contributed by atoms with Crippen LogP contribution in [0, 0.1) is 5.92 Å². The number of carbonyl (C=O) groups excluding carboxylic acids is 1. The van der Waals surface area contributed by atoms with E-state index in [4.69, 9.17) is 27.6 Å². The zero-order valence-corrected chi connectivity index (χ0v) is 21.2. The Morgan fingerprint density at radius 2 is 1.82 bits per heavy atom. The molecule has 1 amide bonds. The van der Waals surface area contributed by atoms with Crippen molar-refractivity contribution in [2.24, 2.45) is 5.92 Å². The maximum absolute atomic E-state index is 13.6. The lowest BCUT2D eigenvalue weighted by atomic mass is 9.85. The van der Waals surface area contributed by atoms with Crippen LogP contribution >= 0.6 is 35.0 Å². The lowest BCUT2D eigenvalue weighted by Crippen LogP contribution is -2.48. The van der Waals surface area contributed by atoms with Crippen molar-refractivity contribution in [3.8, 4) is 11.3 Å². The Labute approximate surface area is 214 Å². The first-order valence-electron chi connectivity index (χ1n) is 11.6. The molecule has 34 heavy (non-hydrogen) atoms. The molecule has 5 rings (SSSR count). The molecule has 1 N–H and O–H groups in total. The van der Waals surface area contributed by atoms with Gasteiger partial charge in [-0.15, -0.1) is 0 Å². The van der Waals surface area contributed by atoms with E-state index in [9.17, 15) is 4.79 Å². The minimum atomic E-state index is -0.163. The van der Waals surface area contributed by atoms with Gasteiger partial charge in [0.25, 0.3) is 5.91 Å². The van der Waals surface area contributed by atoms with Crippen LogP contribution in [-0.4, -0.2) is 22.3 Å². The van der Waals surface area contributed by atoms with Gasteiger partial charge in [0, 0.05) is 23.4 Å². The number of benzene rings is 2. The van der Waals surface area contributed by atoms with Gasteiger partial charge in [0.05, 0.1) is 15.0 Å². The molecule has 1 aliphatic carbocycles. The van der Waals surface area contributed by atoms with Gasteiger partial charge in [-0.05, 0) is 55.2 Å². The topological polar surface area (TPSA) is 45.5 Å². The predicted molar refractivity (Wildman–Crippen MR) is 142 cm³/mol. The number of rotatable bonds is 5. The zero-order chi connectivity index (χ0) is 23.7. The summed E-state index contributed by atoms with van der Waals surface area (Å²) in [5.41, 5.74) is 1.56. The van der Waals surface area contributed by atoms with Crippen LogP contribution in [0.4, 0.5) is 5.69 Å². The molecule has 1 saturated heterocycles. The quantitative estimate of drug-likeness (QED) is 0.350. The van der Waals surface area contributed by atoms with E-state index in [0.29, 0.717) is 32.4 Å². The molecule has 1 aliphatic heterocycles. The van der Waals surface area contributed by atoms with E-state index in [1.807, 2.05) is 65.6 Å². The van der Waals surface area contributed by atoms with Crippen LogP contribution in [0.2, 0.25) is 10.0 Å². The van der Waals surface area contributed by atoms with Crippen molar-refractivity contribution in [1.29, 1.82) is 0 Å². The number of anilines is 1. The number of hydrogen-bond donors (Lipinski definition) is 1. The fraction of sp³-hybridized carbons (Fsp3) is 0.296. The molecule has 0 radical (unpaired) electrons. The van der Waals surface area contributed by atoms with Crippen molar-refractivity contribution < 1.29 is 9.21 Å². The van der Waals surface area contributed by atoms with Crippen LogP contribution in [0.5, 0.6) is 0 Å². The molecule has 2 fully saturated rings. The summed E-state index contributed by atoms with van der Waals surface area (Å²) in [7, 11) is 0. The van der Waals surface area contributed by atoms with Crippen molar-refractivity contribution in [2.45, 2.75) is 44.1 Å². The van der Waals surface area contributed by atoms with Crippen LogP contribution in [-0.2, 0) is 4.79 Å². The highest BCUT2D eigenvalue weighted by Gasteiger charge is 2.43. The van der Waals surface area contributed by atoms with Gasteiger partial charge in [0.2, 0.25) is 0 Å². The highest BCUT2D eigenvalue weighted by Crippen LogP contribution is 2.42. The standard InChI is InChI=1S/C27H26Cl2N2O2S/c1-17-8-5-6-13-22(17)31-26(32)24(34-27(31)30-18-9-3-2-4-10-18)16-19-14-15-23(33-19)20-11-7-12-21(28)25(20)29/h2-4,7,9-12,14-17,22,27,30H,5-6,8,13H2,1H3/b24-16-/t17-,22+,27?/m0/s1. The van der Waals surface area contributed by atoms with Gasteiger partial charge in [-0.1, -0.05) is 79.0 Å². The Kier molecular flexibility index (Phi) is 6.96. The molecule has 1 unspecified atom stereocenters. The number of hydrogen-bond acceptors (Lipinski definition) is 4. The number of halogens is 2. The van der Waals surface area contributed by atoms with Crippen LogP contribution < -0.4 is 5.32 Å². The summed E-state index contributed by atoms with van der Waals surface area (Å²) in [5, 5.41) is 4.49. The summed E-state index contributed by atoms with van der Waals surface area (Å²) in [4.78, 5) is 16.4. The Morgan fingerprint density at radius 3 is 2.62 bits per heavy atom. The van der Waals surface area contributed by atoms with Gasteiger partial charge in [0.15, 0.2) is 5.50 Å². The third kappa shape index (κ3) is 4.74. The van der Waals surface area contributed by atoms with E-state index >= 15 is 0 Å². The summed E-state index contributed by atoms with van der Waals surface area (Å²) < 4.78 is 6.05. The molecule has 4 nitrogen and oxygen atoms in total. The monoisotopic (exact) mass is 512 g/mol. The predicted octanol–water partition coefficient (Wildman–Crippen LogP) is 8.14. The second-order valence-electron chi connectivity index (χ2n) is 8.83. The normalized spacial score (nSPS) is 24.1. The Hall–Kier alpha value is -2.34. The number of amides is 1. The Bertz CT molecular complexity index is 1210. The van der Waals surface area contributed by atoms with Gasteiger partial charge in [-0.25, -0.2) is 0 Å². The number of nitrogens with one attached hydrogen (secondary N) is 1. The number of furan rings is 1. The number of carbonyl (C=O) groups is 1. The molecule has 2 aromatic carbocycles. The summed E-state index contributed by atoms with van der Waals surface area (Å²) >= 11 is 14.1. The van der Waals surface area contributed by atoms with E-state index in [1.54, 1.807) is 17.8 Å². The second kappa shape index (κ2) is 10.1. The van der Waals surface area contributed by atoms with E-state index in [-0.39, 0.29) is 17.4 Å². The molecule has 2 aliphatic rings. The third-order valence-corrected chi connectivity index (χ3v) is 8.47. The maximum Gasteiger partial charge on any atom is 0.263 e. The molecular formula is C27H26Cl2N2O2S. The van der Waals surface area contributed by atoms with Crippen LogP contribution in [0.3, 0.4) is 0 Å². The van der Waals surface area contributed by atoms with Crippen molar-refractivity contribution in [2.75, 3.05) is 5.32 Å². The first-order chi connectivity index (χ1) is 16.5. The molecule has 0 bridgehead atoms. The maximum atomic E-state index is 13.6. The minimum absolute atomic E-state index is 0.0518. The van der Waals surface area contributed by atoms with Crippen molar-refractivity contribution in [3.63, 3.8) is 0 Å². The SMILES string of the molecule is C[C@H]1CCCC[C@H]1N1C(=O)/C(=C/c2ccc(-c3cccc(Cl)c3Cl)o2)SC1Nc1ccccc1. The average molecular weight is 513 g/mol. The number of nitrogens with zero attached hydrogens (tertiary/aromatic N) is 1. The minimum Gasteiger partial charge on any atom is -0.457 e. The molecule has 176 valence electrons. The molecule has 0 spiro atoms. The zero-order valence-electron chi connectivity index (χ0n) is 18.8. The van der Waals surface area contributed by atoms with Gasteiger partial charge in [-0.3, -0.25) is 4.79 Å². The third-order valence-electron chi connectivity index (χ3n) is 6.54. The fourth-order valence-electron chi connectivity index (χ4n) is 4.77. The van der Waals surface area contributed by atoms with E-state index in [2.05, 4.69) is 12.2 Å². The molecular weight excluding hydrogens is 487 g/mol. The molecule has 1 saturated carbocycles. The van der Waals surface area contributed by atoms with Crippen molar-refractivity contribution in [1.82, 2.24) is 4.90 Å². The number of para-hydroxylation sites is 1. The first kappa shape index (κ1) is 23.4. The molecule has 3 aromatic rings. The van der Waals surface area contributed by atoms with E-state index in [0.717, 1.165) is 30.5 Å². The van der Waals surface area contributed by atoms with Crippen molar-refractivity contribution >= 4 is 52.6 Å². The highest BCUT2D eigenvalue weighted by atomic mass is 35.5. The van der Waals surface area contributed by atoms with Gasteiger partial charge in [-0.2, -0.15) is 0 Å². The first-order valence-corrected chi connectivity index (χ1v) is 13.2. The van der Waals surface area contributed by atoms with E-state index in [1.165, 1.54) is 6.42 Å². The molecule has 1 aromatic heterocycles. The van der Waals surface area contributed by atoms with Crippen molar-refractivity contribution in [3.05, 3.63) is 81.4 Å². The smallest absolute Gasteiger partial charge is 0.263 e. The highest BCUT2D eigenvalue weighted by molar-refractivity contribution is 8.05. The van der Waals surface area contributed by atoms with E-state index < -0.39 is 0 Å². The second-order valence-corrected chi connectivity index (χ2v) is 10.7. The van der Waals surface area contributed by atoms with Gasteiger partial charge >= 0.3 is 0 Å².